The Bertz CT molecular complexity index is 540. The zero-order chi connectivity index (χ0) is 16.3. The number of hydrogen-bond donors (Lipinski definition) is 1. The van der Waals surface area contributed by atoms with Crippen molar-refractivity contribution in [1.82, 2.24) is 9.88 Å². The Balaban J connectivity index is 1.91. The van der Waals surface area contributed by atoms with E-state index in [4.69, 9.17) is 9.84 Å². The number of carbonyl (C=O) groups is 2. The lowest BCUT2D eigenvalue weighted by Crippen LogP contribution is -2.41. The fourth-order valence-corrected chi connectivity index (χ4v) is 2.46. The molecule has 0 bridgehead atoms. The molecule has 0 saturated carbocycles. The summed E-state index contributed by atoms with van der Waals surface area (Å²) in [6.45, 7) is 6.81. The van der Waals surface area contributed by atoms with Crippen LogP contribution in [0, 0.1) is 0 Å². The minimum absolute atomic E-state index is 0.190. The Morgan fingerprint density at radius 1 is 1.27 bits per heavy atom. The summed E-state index contributed by atoms with van der Waals surface area (Å²) >= 11 is 0. The van der Waals surface area contributed by atoms with Gasteiger partial charge in [-0.05, 0) is 45.7 Å². The van der Waals surface area contributed by atoms with Gasteiger partial charge in [0.2, 0.25) is 0 Å². The van der Waals surface area contributed by atoms with Crippen LogP contribution in [0.2, 0.25) is 0 Å². The van der Waals surface area contributed by atoms with Gasteiger partial charge >= 0.3 is 12.1 Å². The van der Waals surface area contributed by atoms with Crippen molar-refractivity contribution in [3.05, 3.63) is 29.6 Å². The third-order valence-corrected chi connectivity index (χ3v) is 3.60. The Hall–Kier alpha value is -2.11. The fourth-order valence-electron chi connectivity index (χ4n) is 2.46. The average molecular weight is 306 g/mol. The van der Waals surface area contributed by atoms with Crippen molar-refractivity contribution in [2.75, 3.05) is 13.1 Å². The van der Waals surface area contributed by atoms with Crippen molar-refractivity contribution in [1.29, 1.82) is 0 Å². The number of rotatable bonds is 2. The molecule has 22 heavy (non-hydrogen) atoms. The van der Waals surface area contributed by atoms with Crippen molar-refractivity contribution >= 4 is 12.1 Å². The van der Waals surface area contributed by atoms with Gasteiger partial charge in [0.25, 0.3) is 0 Å². The zero-order valence-corrected chi connectivity index (χ0v) is 13.2. The second kappa shape index (κ2) is 6.34. The third-order valence-electron chi connectivity index (χ3n) is 3.60. The lowest BCUT2D eigenvalue weighted by molar-refractivity contribution is 0.0203. The first kappa shape index (κ1) is 16.3. The molecule has 0 unspecified atom stereocenters. The van der Waals surface area contributed by atoms with E-state index in [-0.39, 0.29) is 17.6 Å². The van der Waals surface area contributed by atoms with E-state index in [9.17, 15) is 9.59 Å². The van der Waals surface area contributed by atoms with E-state index >= 15 is 0 Å². The number of nitrogens with zero attached hydrogens (tertiary/aromatic N) is 2. The van der Waals surface area contributed by atoms with Crippen molar-refractivity contribution in [3.63, 3.8) is 0 Å². The van der Waals surface area contributed by atoms with Crippen molar-refractivity contribution in [2.24, 2.45) is 0 Å². The van der Waals surface area contributed by atoms with Gasteiger partial charge in [0.1, 0.15) is 5.60 Å². The molecule has 0 radical (unpaired) electrons. The zero-order valence-electron chi connectivity index (χ0n) is 13.2. The van der Waals surface area contributed by atoms with Crippen molar-refractivity contribution in [3.8, 4) is 0 Å². The molecule has 1 N–H and O–H groups in total. The molecule has 0 aromatic carbocycles. The Labute approximate surface area is 130 Å². The van der Waals surface area contributed by atoms with Crippen molar-refractivity contribution < 1.29 is 19.4 Å². The number of piperidine rings is 1. The molecule has 120 valence electrons. The molecule has 1 amide bonds. The monoisotopic (exact) mass is 306 g/mol. The summed E-state index contributed by atoms with van der Waals surface area (Å²) < 4.78 is 5.37. The average Bonchev–Trinajstić information content (AvgIpc) is 2.46. The normalized spacial score (nSPS) is 16.4. The van der Waals surface area contributed by atoms with E-state index in [2.05, 4.69) is 4.98 Å². The van der Waals surface area contributed by atoms with Gasteiger partial charge in [0.05, 0.1) is 5.56 Å². The van der Waals surface area contributed by atoms with Crippen LogP contribution in [-0.2, 0) is 4.74 Å². The molecule has 0 atom stereocenters. The molecule has 1 aromatic heterocycles. The summed E-state index contributed by atoms with van der Waals surface area (Å²) in [6.07, 6.45) is 2.72. The molecule has 6 heteroatoms. The van der Waals surface area contributed by atoms with Gasteiger partial charge in [0, 0.05) is 30.9 Å². The highest BCUT2D eigenvalue weighted by molar-refractivity contribution is 5.87. The number of aromatic nitrogens is 1. The maximum atomic E-state index is 12.0. The van der Waals surface area contributed by atoms with Crippen LogP contribution in [0.5, 0.6) is 0 Å². The number of ether oxygens (including phenoxy) is 1. The van der Waals surface area contributed by atoms with Crippen LogP contribution in [0.3, 0.4) is 0 Å². The maximum Gasteiger partial charge on any atom is 0.410 e. The van der Waals surface area contributed by atoms with E-state index in [1.807, 2.05) is 20.8 Å². The molecule has 1 aliphatic heterocycles. The standard InChI is InChI=1S/C16H22N2O4/c1-16(2,3)22-15(21)18-8-6-11(7-9-18)13-5-4-12(10-17-13)14(19)20/h4-5,10-11H,6-9H2,1-3H3,(H,19,20). The van der Waals surface area contributed by atoms with E-state index in [0.717, 1.165) is 18.5 Å². The largest absolute Gasteiger partial charge is 0.478 e. The summed E-state index contributed by atoms with van der Waals surface area (Å²) in [5, 5.41) is 8.88. The highest BCUT2D eigenvalue weighted by Gasteiger charge is 2.27. The number of aromatic carboxylic acids is 1. The molecule has 1 saturated heterocycles. The van der Waals surface area contributed by atoms with Crippen LogP contribution < -0.4 is 0 Å². The molecular formula is C16H22N2O4. The van der Waals surface area contributed by atoms with Gasteiger partial charge in [0.15, 0.2) is 0 Å². The van der Waals surface area contributed by atoms with Crippen LogP contribution in [0.4, 0.5) is 4.79 Å². The predicted octanol–water partition coefficient (Wildman–Crippen LogP) is 2.89. The summed E-state index contributed by atoms with van der Waals surface area (Å²) in [6, 6.07) is 3.34. The molecule has 0 aliphatic carbocycles. The summed E-state index contributed by atoms with van der Waals surface area (Å²) in [5.41, 5.74) is 0.589. The number of carboxylic acids is 1. The lowest BCUT2D eigenvalue weighted by Gasteiger charge is -2.33. The van der Waals surface area contributed by atoms with Gasteiger partial charge in [-0.3, -0.25) is 4.98 Å². The Morgan fingerprint density at radius 2 is 1.91 bits per heavy atom. The second-order valence-electron chi connectivity index (χ2n) is 6.52. The van der Waals surface area contributed by atoms with Gasteiger partial charge in [-0.25, -0.2) is 9.59 Å². The first-order chi connectivity index (χ1) is 10.3. The van der Waals surface area contributed by atoms with E-state index in [0.29, 0.717) is 13.1 Å². The van der Waals surface area contributed by atoms with Gasteiger partial charge in [-0.15, -0.1) is 0 Å². The third kappa shape index (κ3) is 4.19. The minimum atomic E-state index is -0.973. The van der Waals surface area contributed by atoms with Crippen LogP contribution in [0.1, 0.15) is 55.6 Å². The highest BCUT2D eigenvalue weighted by atomic mass is 16.6. The number of carbonyl (C=O) groups excluding carboxylic acids is 1. The first-order valence-electron chi connectivity index (χ1n) is 7.43. The SMILES string of the molecule is CC(C)(C)OC(=O)N1CCC(c2ccc(C(=O)O)cn2)CC1. The quantitative estimate of drug-likeness (QED) is 0.908. The van der Waals surface area contributed by atoms with E-state index in [1.165, 1.54) is 6.20 Å². The Morgan fingerprint density at radius 3 is 2.36 bits per heavy atom. The first-order valence-corrected chi connectivity index (χ1v) is 7.43. The van der Waals surface area contributed by atoms with Gasteiger partial charge < -0.3 is 14.7 Å². The molecule has 2 heterocycles. The smallest absolute Gasteiger partial charge is 0.410 e. The topological polar surface area (TPSA) is 79.7 Å². The Kier molecular flexibility index (Phi) is 4.68. The number of pyridine rings is 1. The summed E-state index contributed by atoms with van der Waals surface area (Å²) in [4.78, 5) is 28.8. The predicted molar refractivity (Wildman–Crippen MR) is 81.0 cm³/mol. The van der Waals surface area contributed by atoms with Crippen LogP contribution in [-0.4, -0.2) is 45.7 Å². The fraction of sp³-hybridized carbons (Fsp3) is 0.562. The second-order valence-corrected chi connectivity index (χ2v) is 6.52. The van der Waals surface area contributed by atoms with Crippen LogP contribution >= 0.6 is 0 Å². The number of amides is 1. The molecule has 6 nitrogen and oxygen atoms in total. The molecular weight excluding hydrogens is 284 g/mol. The number of hydrogen-bond acceptors (Lipinski definition) is 4. The van der Waals surface area contributed by atoms with E-state index in [1.54, 1.807) is 17.0 Å². The van der Waals surface area contributed by atoms with Crippen LogP contribution in [0.15, 0.2) is 18.3 Å². The maximum absolute atomic E-state index is 12.0. The van der Waals surface area contributed by atoms with Crippen molar-refractivity contribution in [2.45, 2.75) is 45.1 Å². The van der Waals surface area contributed by atoms with E-state index < -0.39 is 11.6 Å². The summed E-state index contributed by atoms with van der Waals surface area (Å²) in [7, 11) is 0. The number of likely N-dealkylation sites (tertiary alicyclic amines) is 1. The molecule has 1 aliphatic rings. The molecule has 0 spiro atoms. The van der Waals surface area contributed by atoms with Gasteiger partial charge in [-0.1, -0.05) is 0 Å². The molecule has 1 aromatic rings. The lowest BCUT2D eigenvalue weighted by atomic mass is 9.93. The minimum Gasteiger partial charge on any atom is -0.478 e. The molecule has 1 fully saturated rings. The summed E-state index contributed by atoms with van der Waals surface area (Å²) in [5.74, 6) is -0.722. The number of carboxylic acid groups (broad SMARTS) is 1. The highest BCUT2D eigenvalue weighted by Crippen LogP contribution is 2.27. The van der Waals surface area contributed by atoms with Gasteiger partial charge in [-0.2, -0.15) is 0 Å². The molecule has 2 rings (SSSR count). The van der Waals surface area contributed by atoms with Crippen LogP contribution in [0.25, 0.3) is 0 Å².